The molecule has 0 saturated heterocycles. The quantitative estimate of drug-likeness (QED) is 0.506. The summed E-state index contributed by atoms with van der Waals surface area (Å²) in [4.78, 5) is 20.1. The Morgan fingerprint density at radius 3 is 2.57 bits per heavy atom. The second kappa shape index (κ2) is 10.4. The molecule has 0 unspecified atom stereocenters. The molecule has 35 heavy (non-hydrogen) atoms. The molecule has 0 spiro atoms. The van der Waals surface area contributed by atoms with Gasteiger partial charge in [0.15, 0.2) is 17.3 Å². The van der Waals surface area contributed by atoms with Crippen LogP contribution < -0.4 is 15.4 Å². The second-order valence-electron chi connectivity index (χ2n) is 9.33. The molecule has 1 aliphatic rings. The van der Waals surface area contributed by atoms with Crippen LogP contribution in [-0.4, -0.2) is 39.0 Å². The van der Waals surface area contributed by atoms with E-state index < -0.39 is 5.60 Å². The fourth-order valence-electron chi connectivity index (χ4n) is 3.79. The van der Waals surface area contributed by atoms with E-state index in [-0.39, 0.29) is 23.9 Å². The number of carbonyl (C=O) groups excluding carboxylic acids is 1. The molecule has 1 aliphatic carbocycles. The van der Waals surface area contributed by atoms with Gasteiger partial charge in [0.25, 0.3) is 0 Å². The molecule has 10 heteroatoms. The van der Waals surface area contributed by atoms with Crippen molar-refractivity contribution in [3.8, 4) is 23.1 Å². The predicted molar refractivity (Wildman–Crippen MR) is 128 cm³/mol. The summed E-state index contributed by atoms with van der Waals surface area (Å²) in [6.45, 7) is 5.55. The standard InChI is InChI=1S/C25H28N6O4/c1-25(2,3)34-24(32)29-16-8-10-18(11-9-16)33-20-7-5-4-6-19(20)21-12-22(31-35-21)30-23-15-27-17(13-26)14-28-23/h4-7,12,14-16,18H,8-11H2,1-3H3,(H,29,32)(H,28,30,31). The number of nitrogens with one attached hydrogen (secondary N) is 2. The van der Waals surface area contributed by atoms with Crippen LogP contribution in [0.3, 0.4) is 0 Å². The van der Waals surface area contributed by atoms with E-state index in [1.165, 1.54) is 12.4 Å². The maximum Gasteiger partial charge on any atom is 0.407 e. The Labute approximate surface area is 203 Å². The Hall–Kier alpha value is -4.13. The third-order valence-electron chi connectivity index (χ3n) is 5.37. The van der Waals surface area contributed by atoms with Crippen LogP contribution in [0.5, 0.6) is 5.75 Å². The monoisotopic (exact) mass is 476 g/mol. The lowest BCUT2D eigenvalue weighted by atomic mass is 9.93. The number of alkyl carbamates (subject to hydrolysis) is 1. The summed E-state index contributed by atoms with van der Waals surface area (Å²) in [7, 11) is 0. The first-order chi connectivity index (χ1) is 16.8. The maximum absolute atomic E-state index is 12.0. The summed E-state index contributed by atoms with van der Waals surface area (Å²) in [5, 5.41) is 18.9. The highest BCUT2D eigenvalue weighted by atomic mass is 16.6. The minimum absolute atomic E-state index is 0.0299. The van der Waals surface area contributed by atoms with Crippen molar-refractivity contribution in [3.63, 3.8) is 0 Å². The highest BCUT2D eigenvalue weighted by Gasteiger charge is 2.26. The van der Waals surface area contributed by atoms with Crippen LogP contribution in [0, 0.1) is 11.3 Å². The highest BCUT2D eigenvalue weighted by molar-refractivity contribution is 5.69. The number of amides is 1. The van der Waals surface area contributed by atoms with Crippen LogP contribution in [0.4, 0.5) is 16.4 Å². The van der Waals surface area contributed by atoms with Gasteiger partial charge in [0.1, 0.15) is 23.2 Å². The van der Waals surface area contributed by atoms with Crippen molar-refractivity contribution in [1.82, 2.24) is 20.4 Å². The van der Waals surface area contributed by atoms with Crippen LogP contribution >= 0.6 is 0 Å². The smallest absolute Gasteiger partial charge is 0.407 e. The first-order valence-electron chi connectivity index (χ1n) is 11.5. The number of hydrogen-bond acceptors (Lipinski definition) is 9. The average molecular weight is 477 g/mol. The predicted octanol–water partition coefficient (Wildman–Crippen LogP) is 4.96. The molecule has 182 valence electrons. The summed E-state index contributed by atoms with van der Waals surface area (Å²) in [6.07, 6.45) is 5.74. The lowest BCUT2D eigenvalue weighted by molar-refractivity contribution is 0.0471. The van der Waals surface area contributed by atoms with Crippen molar-refractivity contribution in [3.05, 3.63) is 48.4 Å². The molecule has 0 aliphatic heterocycles. The number of carbonyl (C=O) groups is 1. The number of nitrogens with zero attached hydrogens (tertiary/aromatic N) is 4. The molecule has 0 radical (unpaired) electrons. The summed E-state index contributed by atoms with van der Waals surface area (Å²) >= 11 is 0. The van der Waals surface area contributed by atoms with Crippen molar-refractivity contribution >= 4 is 17.7 Å². The zero-order valence-electron chi connectivity index (χ0n) is 19.9. The number of anilines is 2. The van der Waals surface area contributed by atoms with Crippen LogP contribution in [-0.2, 0) is 4.74 Å². The molecule has 1 fully saturated rings. The van der Waals surface area contributed by atoms with Gasteiger partial charge >= 0.3 is 6.09 Å². The molecule has 2 N–H and O–H groups in total. The lowest BCUT2D eigenvalue weighted by Gasteiger charge is -2.30. The van der Waals surface area contributed by atoms with Crippen LogP contribution in [0.25, 0.3) is 11.3 Å². The van der Waals surface area contributed by atoms with Crippen LogP contribution in [0.1, 0.15) is 52.1 Å². The number of ether oxygens (including phenoxy) is 2. The second-order valence-corrected chi connectivity index (χ2v) is 9.33. The van der Waals surface area contributed by atoms with Crippen molar-refractivity contribution in [2.75, 3.05) is 5.32 Å². The van der Waals surface area contributed by atoms with Gasteiger partial charge in [-0.15, -0.1) is 0 Å². The molecular weight excluding hydrogens is 448 g/mol. The molecule has 1 aromatic carbocycles. The first-order valence-corrected chi connectivity index (χ1v) is 11.5. The van der Waals surface area contributed by atoms with E-state index in [4.69, 9.17) is 19.3 Å². The molecule has 2 aromatic heterocycles. The van der Waals surface area contributed by atoms with Gasteiger partial charge in [-0.05, 0) is 58.6 Å². The third kappa shape index (κ3) is 6.69. The fraction of sp³-hybridized carbons (Fsp3) is 0.400. The molecule has 0 atom stereocenters. The van der Waals surface area contributed by atoms with Gasteiger partial charge in [-0.1, -0.05) is 17.3 Å². The van der Waals surface area contributed by atoms with E-state index >= 15 is 0 Å². The molecule has 3 aromatic rings. The first kappa shape index (κ1) is 24.0. The molecule has 4 rings (SSSR count). The van der Waals surface area contributed by atoms with Crippen molar-refractivity contribution in [2.24, 2.45) is 0 Å². The Bertz CT molecular complexity index is 1190. The largest absolute Gasteiger partial charge is 0.490 e. The van der Waals surface area contributed by atoms with Crippen LogP contribution in [0.2, 0.25) is 0 Å². The zero-order chi connectivity index (χ0) is 24.8. The Balaban J connectivity index is 1.35. The van der Waals surface area contributed by atoms with Crippen molar-refractivity contribution in [2.45, 2.75) is 64.2 Å². The summed E-state index contributed by atoms with van der Waals surface area (Å²) in [5.41, 5.74) is 0.504. The van der Waals surface area contributed by atoms with E-state index in [9.17, 15) is 4.79 Å². The van der Waals surface area contributed by atoms with E-state index in [1.54, 1.807) is 6.07 Å². The normalized spacial score (nSPS) is 17.8. The van der Waals surface area contributed by atoms with Gasteiger partial charge in [-0.25, -0.2) is 14.8 Å². The third-order valence-corrected chi connectivity index (χ3v) is 5.37. The average Bonchev–Trinajstić information content (AvgIpc) is 3.28. The molecular formula is C25H28N6O4. The Morgan fingerprint density at radius 2 is 1.89 bits per heavy atom. The van der Waals surface area contributed by atoms with Gasteiger partial charge < -0.3 is 24.6 Å². The van der Waals surface area contributed by atoms with E-state index in [1.807, 2.05) is 51.1 Å². The topological polar surface area (TPSA) is 135 Å². The van der Waals surface area contributed by atoms with Gasteiger partial charge in [0.05, 0.1) is 24.1 Å². The van der Waals surface area contributed by atoms with E-state index in [0.29, 0.717) is 23.1 Å². The number of benzene rings is 1. The van der Waals surface area contributed by atoms with Crippen molar-refractivity contribution < 1.29 is 18.8 Å². The number of aromatic nitrogens is 3. The van der Waals surface area contributed by atoms with E-state index in [0.717, 1.165) is 31.2 Å². The number of nitriles is 1. The fourth-order valence-corrected chi connectivity index (χ4v) is 3.79. The van der Waals surface area contributed by atoms with Gasteiger partial charge in [0, 0.05) is 12.1 Å². The minimum atomic E-state index is -0.514. The number of hydrogen-bond donors (Lipinski definition) is 2. The minimum Gasteiger partial charge on any atom is -0.490 e. The summed E-state index contributed by atoms with van der Waals surface area (Å²) in [6, 6.07) is 11.4. The SMILES string of the molecule is CC(C)(C)OC(=O)NC1CCC(Oc2ccccc2-c2cc(Nc3cnc(C#N)cn3)no2)CC1. The van der Waals surface area contributed by atoms with Gasteiger partial charge in [-0.3, -0.25) is 0 Å². The summed E-state index contributed by atoms with van der Waals surface area (Å²) < 4.78 is 17.2. The lowest BCUT2D eigenvalue weighted by Crippen LogP contribution is -2.42. The Morgan fingerprint density at radius 1 is 1.11 bits per heavy atom. The Kier molecular flexibility index (Phi) is 7.15. The van der Waals surface area contributed by atoms with Crippen molar-refractivity contribution in [1.29, 1.82) is 5.26 Å². The molecule has 1 saturated carbocycles. The highest BCUT2D eigenvalue weighted by Crippen LogP contribution is 2.34. The summed E-state index contributed by atoms with van der Waals surface area (Å²) in [5.74, 6) is 2.16. The zero-order valence-corrected chi connectivity index (χ0v) is 19.9. The number of rotatable bonds is 6. The molecule has 1 amide bonds. The number of para-hydroxylation sites is 1. The van der Waals surface area contributed by atoms with Gasteiger partial charge in [0.2, 0.25) is 0 Å². The maximum atomic E-state index is 12.0. The molecule has 2 heterocycles. The molecule has 10 nitrogen and oxygen atoms in total. The molecule has 0 bridgehead atoms. The van der Waals surface area contributed by atoms with E-state index in [2.05, 4.69) is 25.8 Å². The van der Waals surface area contributed by atoms with Crippen LogP contribution in [0.15, 0.2) is 47.2 Å². The van der Waals surface area contributed by atoms with Gasteiger partial charge in [-0.2, -0.15) is 5.26 Å².